The van der Waals surface area contributed by atoms with Crippen molar-refractivity contribution in [3.63, 3.8) is 0 Å². The van der Waals surface area contributed by atoms with Crippen LogP contribution in [-0.2, 0) is 4.79 Å². The molecular weight excluding hydrogens is 247 g/mol. The summed E-state index contributed by atoms with van der Waals surface area (Å²) < 4.78 is 37.2. The van der Waals surface area contributed by atoms with Crippen molar-refractivity contribution in [3.05, 3.63) is 29.8 Å². The fourth-order valence-electron chi connectivity index (χ4n) is 1.72. The van der Waals surface area contributed by atoms with Crippen molar-refractivity contribution in [3.8, 4) is 0 Å². The molecule has 0 bridgehead atoms. The molecule has 0 saturated carbocycles. The van der Waals surface area contributed by atoms with E-state index in [1.54, 1.807) is 18.2 Å². The highest BCUT2D eigenvalue weighted by Gasteiger charge is 2.45. The third-order valence-electron chi connectivity index (χ3n) is 2.47. The van der Waals surface area contributed by atoms with Crippen molar-refractivity contribution in [2.75, 3.05) is 18.8 Å². The zero-order valence-electron chi connectivity index (χ0n) is 9.24. The monoisotopic (exact) mass is 257 g/mol. The first kappa shape index (κ1) is 12.4. The van der Waals surface area contributed by atoms with Gasteiger partial charge in [-0.25, -0.2) is 0 Å². The second-order valence-corrected chi connectivity index (χ2v) is 3.79. The maximum absolute atomic E-state index is 12.4. The van der Waals surface area contributed by atoms with E-state index < -0.39 is 12.1 Å². The number of hydrogen-bond donors (Lipinski definition) is 1. The van der Waals surface area contributed by atoms with Crippen molar-refractivity contribution in [2.24, 2.45) is 4.99 Å². The van der Waals surface area contributed by atoms with E-state index in [2.05, 4.69) is 4.99 Å². The fraction of sp³-hybridized carbons (Fsp3) is 0.273. The Bertz CT molecular complexity index is 511. The molecule has 0 unspecified atom stereocenters. The number of amides is 1. The summed E-state index contributed by atoms with van der Waals surface area (Å²) >= 11 is 0. The zero-order valence-corrected chi connectivity index (χ0v) is 9.24. The normalized spacial score (nSPS) is 15.7. The van der Waals surface area contributed by atoms with Gasteiger partial charge in [-0.3, -0.25) is 14.7 Å². The van der Waals surface area contributed by atoms with Crippen LogP contribution in [0.2, 0.25) is 0 Å². The number of halogens is 3. The number of rotatable bonds is 1. The van der Waals surface area contributed by atoms with Crippen LogP contribution in [0.25, 0.3) is 0 Å². The van der Waals surface area contributed by atoms with Gasteiger partial charge in [-0.1, -0.05) is 12.1 Å². The Balaban J connectivity index is 2.31. The Kier molecular flexibility index (Phi) is 2.98. The number of nitrogens with zero attached hydrogens (tertiary/aromatic N) is 2. The minimum atomic E-state index is -4.90. The molecule has 0 fully saturated rings. The van der Waals surface area contributed by atoms with Gasteiger partial charge < -0.3 is 5.73 Å². The smallest absolute Gasteiger partial charge is 0.399 e. The summed E-state index contributed by atoms with van der Waals surface area (Å²) in [7, 11) is 0. The predicted octanol–water partition coefficient (Wildman–Crippen LogP) is 1.42. The standard InChI is InChI=1S/C11H10F3N3O/c12-11(13,14)10(18)17-5-4-16-9(17)7-2-1-3-8(15)6-7/h1-3,6H,4-5,15H2. The molecule has 0 radical (unpaired) electrons. The van der Waals surface area contributed by atoms with Crippen molar-refractivity contribution < 1.29 is 18.0 Å². The van der Waals surface area contributed by atoms with E-state index in [4.69, 9.17) is 5.73 Å². The number of carbonyl (C=O) groups excluding carboxylic acids is 1. The van der Waals surface area contributed by atoms with Crippen molar-refractivity contribution >= 4 is 17.4 Å². The lowest BCUT2D eigenvalue weighted by Gasteiger charge is -2.19. The second-order valence-electron chi connectivity index (χ2n) is 3.79. The van der Waals surface area contributed by atoms with E-state index in [-0.39, 0.29) is 18.9 Å². The molecule has 1 amide bonds. The molecule has 0 aromatic heterocycles. The van der Waals surface area contributed by atoms with Gasteiger partial charge in [0.15, 0.2) is 0 Å². The molecular formula is C11H10F3N3O. The first-order valence-electron chi connectivity index (χ1n) is 5.18. The summed E-state index contributed by atoms with van der Waals surface area (Å²) in [6.07, 6.45) is -4.90. The van der Waals surface area contributed by atoms with Crippen molar-refractivity contribution in [1.82, 2.24) is 4.90 Å². The molecule has 0 saturated heterocycles. The first-order valence-corrected chi connectivity index (χ1v) is 5.18. The van der Waals surface area contributed by atoms with Gasteiger partial charge in [-0.15, -0.1) is 0 Å². The second kappa shape index (κ2) is 4.32. The van der Waals surface area contributed by atoms with E-state index in [0.717, 1.165) is 0 Å². The summed E-state index contributed by atoms with van der Waals surface area (Å²) in [5, 5.41) is 0. The van der Waals surface area contributed by atoms with Crippen LogP contribution in [0.4, 0.5) is 18.9 Å². The molecule has 96 valence electrons. The molecule has 0 aliphatic carbocycles. The quantitative estimate of drug-likeness (QED) is 0.773. The molecule has 1 aromatic rings. The van der Waals surface area contributed by atoms with Gasteiger partial charge in [0.05, 0.1) is 6.54 Å². The minimum Gasteiger partial charge on any atom is -0.399 e. The van der Waals surface area contributed by atoms with E-state index >= 15 is 0 Å². The van der Waals surface area contributed by atoms with Gasteiger partial charge in [-0.05, 0) is 12.1 Å². The number of alkyl halides is 3. The molecule has 0 atom stereocenters. The Labute approximate surface area is 101 Å². The Hall–Kier alpha value is -2.05. The van der Waals surface area contributed by atoms with E-state index in [9.17, 15) is 18.0 Å². The number of amidine groups is 1. The number of carbonyl (C=O) groups is 1. The molecule has 2 rings (SSSR count). The molecule has 1 aliphatic heterocycles. The van der Waals surface area contributed by atoms with Crippen LogP contribution in [-0.4, -0.2) is 35.9 Å². The molecule has 7 heteroatoms. The summed E-state index contributed by atoms with van der Waals surface area (Å²) in [6.45, 7) is 0.0917. The maximum atomic E-state index is 12.4. The molecule has 2 N–H and O–H groups in total. The summed E-state index contributed by atoms with van der Waals surface area (Å²) in [6, 6.07) is 6.26. The van der Waals surface area contributed by atoms with Crippen LogP contribution in [0.3, 0.4) is 0 Å². The maximum Gasteiger partial charge on any atom is 0.471 e. The van der Waals surface area contributed by atoms with Gasteiger partial charge in [0.1, 0.15) is 5.84 Å². The lowest BCUT2D eigenvalue weighted by atomic mass is 10.1. The number of aliphatic imine (C=N–C) groups is 1. The van der Waals surface area contributed by atoms with Crippen LogP contribution in [0.1, 0.15) is 5.56 Å². The third kappa shape index (κ3) is 2.29. The van der Waals surface area contributed by atoms with Crippen LogP contribution < -0.4 is 5.73 Å². The lowest BCUT2D eigenvalue weighted by Crippen LogP contribution is -2.43. The number of benzene rings is 1. The summed E-state index contributed by atoms with van der Waals surface area (Å²) in [5.74, 6) is -1.88. The zero-order chi connectivity index (χ0) is 13.3. The van der Waals surface area contributed by atoms with E-state index in [0.29, 0.717) is 16.2 Å². The number of nitrogen functional groups attached to an aromatic ring is 1. The Morgan fingerprint density at radius 2 is 2.11 bits per heavy atom. The average molecular weight is 257 g/mol. The van der Waals surface area contributed by atoms with Crippen LogP contribution in [0, 0.1) is 0 Å². The fourth-order valence-corrected chi connectivity index (χ4v) is 1.72. The van der Waals surface area contributed by atoms with E-state index in [1.165, 1.54) is 6.07 Å². The molecule has 1 heterocycles. The molecule has 1 aromatic carbocycles. The SMILES string of the molecule is Nc1cccc(C2=NCCN2C(=O)C(F)(F)F)c1. The molecule has 18 heavy (non-hydrogen) atoms. The topological polar surface area (TPSA) is 58.7 Å². The summed E-state index contributed by atoms with van der Waals surface area (Å²) in [5.41, 5.74) is 6.36. The lowest BCUT2D eigenvalue weighted by molar-refractivity contribution is -0.180. The van der Waals surface area contributed by atoms with Gasteiger partial charge >= 0.3 is 12.1 Å². The molecule has 1 aliphatic rings. The molecule has 0 spiro atoms. The van der Waals surface area contributed by atoms with Gasteiger partial charge in [-0.2, -0.15) is 13.2 Å². The van der Waals surface area contributed by atoms with Gasteiger partial charge in [0.2, 0.25) is 0 Å². The molecule has 4 nitrogen and oxygen atoms in total. The van der Waals surface area contributed by atoms with E-state index in [1.807, 2.05) is 0 Å². The third-order valence-corrected chi connectivity index (χ3v) is 2.47. The predicted molar refractivity (Wildman–Crippen MR) is 60.0 cm³/mol. The summed E-state index contributed by atoms with van der Waals surface area (Å²) in [4.78, 5) is 15.8. The van der Waals surface area contributed by atoms with Crippen molar-refractivity contribution in [2.45, 2.75) is 6.18 Å². The average Bonchev–Trinajstić information content (AvgIpc) is 2.75. The highest BCUT2D eigenvalue weighted by atomic mass is 19.4. The van der Waals surface area contributed by atoms with Crippen LogP contribution in [0.5, 0.6) is 0 Å². The van der Waals surface area contributed by atoms with Gasteiger partial charge in [0, 0.05) is 17.8 Å². The van der Waals surface area contributed by atoms with Crippen LogP contribution in [0.15, 0.2) is 29.3 Å². The van der Waals surface area contributed by atoms with Crippen molar-refractivity contribution in [1.29, 1.82) is 0 Å². The number of nitrogens with two attached hydrogens (primary N) is 1. The number of hydrogen-bond acceptors (Lipinski definition) is 3. The largest absolute Gasteiger partial charge is 0.471 e. The van der Waals surface area contributed by atoms with Crippen LogP contribution >= 0.6 is 0 Å². The highest BCUT2D eigenvalue weighted by Crippen LogP contribution is 2.22. The minimum absolute atomic E-state index is 0.0182. The first-order chi connectivity index (χ1) is 8.39. The number of anilines is 1. The highest BCUT2D eigenvalue weighted by molar-refractivity contribution is 6.10. The Morgan fingerprint density at radius 3 is 2.72 bits per heavy atom. The Morgan fingerprint density at radius 1 is 1.39 bits per heavy atom. The van der Waals surface area contributed by atoms with Gasteiger partial charge in [0.25, 0.3) is 0 Å².